The van der Waals surface area contributed by atoms with Crippen LogP contribution in [0.2, 0.25) is 0 Å². The highest BCUT2D eigenvalue weighted by Gasteiger charge is 2.57. The number of phosphoric acid groups is 1. The number of fused-ring (bicyclic) bond motifs is 5. The standard InChI is InChI=1S/C23H35O6P/c1-5-27-30(25,28-6-2)29-22-10-9-19-17-8-7-15-13-20(24)21(26-4)14-18(15)16(17)11-12-23(19,22)3/h13-14,16-17,19,22,24H,5-12H2,1-4H3/t16?,17?,19?,22-,23-/m0/s1. The molecule has 6 nitrogen and oxygen atoms in total. The lowest BCUT2D eigenvalue weighted by atomic mass is 9.55. The molecule has 0 radical (unpaired) electrons. The Morgan fingerprint density at radius 2 is 1.87 bits per heavy atom. The summed E-state index contributed by atoms with van der Waals surface area (Å²) in [5, 5.41) is 10.2. The molecule has 1 aromatic rings. The fraction of sp³-hybridized carbons (Fsp3) is 0.739. The summed E-state index contributed by atoms with van der Waals surface area (Å²) < 4.78 is 35.4. The first kappa shape index (κ1) is 22.1. The van der Waals surface area contributed by atoms with Crippen LogP contribution in [-0.4, -0.2) is 31.5 Å². The summed E-state index contributed by atoms with van der Waals surface area (Å²) in [6, 6.07) is 3.94. The van der Waals surface area contributed by atoms with E-state index in [1.807, 2.05) is 26.0 Å². The van der Waals surface area contributed by atoms with E-state index in [9.17, 15) is 9.67 Å². The van der Waals surface area contributed by atoms with Crippen LogP contribution >= 0.6 is 7.82 Å². The van der Waals surface area contributed by atoms with E-state index < -0.39 is 7.82 Å². The molecule has 2 saturated carbocycles. The number of hydrogen-bond donors (Lipinski definition) is 1. The monoisotopic (exact) mass is 438 g/mol. The van der Waals surface area contributed by atoms with Crippen LogP contribution in [0, 0.1) is 17.3 Å². The molecule has 3 unspecified atom stereocenters. The quantitative estimate of drug-likeness (QED) is 0.541. The molecule has 0 amide bonds. The van der Waals surface area contributed by atoms with Gasteiger partial charge in [0.1, 0.15) is 0 Å². The Balaban J connectivity index is 1.57. The van der Waals surface area contributed by atoms with Crippen LogP contribution in [0.15, 0.2) is 12.1 Å². The van der Waals surface area contributed by atoms with Gasteiger partial charge in [-0.15, -0.1) is 0 Å². The summed E-state index contributed by atoms with van der Waals surface area (Å²) in [7, 11) is -1.92. The molecule has 2 fully saturated rings. The third-order valence-electron chi connectivity index (χ3n) is 7.77. The molecule has 7 heteroatoms. The van der Waals surface area contributed by atoms with Gasteiger partial charge in [-0.2, -0.15) is 0 Å². The van der Waals surface area contributed by atoms with Crippen LogP contribution in [0.25, 0.3) is 0 Å². The molecule has 4 rings (SSSR count). The van der Waals surface area contributed by atoms with E-state index in [-0.39, 0.29) is 17.3 Å². The van der Waals surface area contributed by atoms with E-state index in [1.165, 1.54) is 11.1 Å². The van der Waals surface area contributed by atoms with Gasteiger partial charge in [0, 0.05) is 0 Å². The Labute approximate surface area is 179 Å². The number of aryl methyl sites for hydroxylation is 1. The molecule has 5 atom stereocenters. The highest BCUT2D eigenvalue weighted by Crippen LogP contribution is 2.65. The lowest BCUT2D eigenvalue weighted by molar-refractivity contribution is -0.0294. The Morgan fingerprint density at radius 3 is 2.53 bits per heavy atom. The van der Waals surface area contributed by atoms with Gasteiger partial charge in [0.2, 0.25) is 0 Å². The third kappa shape index (κ3) is 3.70. The normalized spacial score (nSPS) is 32.9. The van der Waals surface area contributed by atoms with E-state index in [0.717, 1.165) is 38.5 Å². The molecule has 30 heavy (non-hydrogen) atoms. The number of phenolic OH excluding ortho intramolecular Hbond substituents is 1. The van der Waals surface area contributed by atoms with Crippen molar-refractivity contribution >= 4 is 7.82 Å². The number of hydrogen-bond acceptors (Lipinski definition) is 6. The van der Waals surface area contributed by atoms with E-state index in [2.05, 4.69) is 6.92 Å². The Kier molecular flexibility index (Phi) is 6.24. The second kappa shape index (κ2) is 8.46. The van der Waals surface area contributed by atoms with Crippen molar-refractivity contribution in [1.82, 2.24) is 0 Å². The maximum atomic E-state index is 13.0. The molecule has 0 aliphatic heterocycles. The van der Waals surface area contributed by atoms with Gasteiger partial charge in [-0.05, 0) is 98.8 Å². The second-order valence-electron chi connectivity index (χ2n) is 9.14. The van der Waals surface area contributed by atoms with Crippen molar-refractivity contribution < 1.29 is 28.0 Å². The average molecular weight is 439 g/mol. The topological polar surface area (TPSA) is 74.2 Å². The molecule has 0 bridgehead atoms. The van der Waals surface area contributed by atoms with Crippen LogP contribution in [0.1, 0.15) is 69.9 Å². The third-order valence-corrected chi connectivity index (χ3v) is 9.43. The van der Waals surface area contributed by atoms with Gasteiger partial charge in [0.15, 0.2) is 11.5 Å². The molecule has 1 N–H and O–H groups in total. The van der Waals surface area contributed by atoms with Crippen molar-refractivity contribution in [2.45, 2.75) is 71.3 Å². The van der Waals surface area contributed by atoms with Crippen molar-refractivity contribution in [1.29, 1.82) is 0 Å². The minimum Gasteiger partial charge on any atom is -0.504 e. The summed E-state index contributed by atoms with van der Waals surface area (Å²) in [4.78, 5) is 0. The molecule has 0 aromatic heterocycles. The number of methoxy groups -OCH3 is 1. The number of ether oxygens (including phenoxy) is 1. The number of phenols is 1. The first-order valence-corrected chi connectivity index (χ1v) is 12.8. The highest BCUT2D eigenvalue weighted by molar-refractivity contribution is 7.48. The predicted octanol–water partition coefficient (Wildman–Crippen LogP) is 5.82. The van der Waals surface area contributed by atoms with Gasteiger partial charge in [-0.3, -0.25) is 13.6 Å². The summed E-state index contributed by atoms with van der Waals surface area (Å²) in [6.07, 6.45) is 6.03. The maximum Gasteiger partial charge on any atom is 0.475 e. The van der Waals surface area contributed by atoms with Crippen molar-refractivity contribution in [2.75, 3.05) is 20.3 Å². The maximum absolute atomic E-state index is 13.0. The molecule has 0 saturated heterocycles. The number of rotatable bonds is 7. The summed E-state index contributed by atoms with van der Waals surface area (Å²) in [6.45, 7) is 6.54. The van der Waals surface area contributed by atoms with Gasteiger partial charge in [0.05, 0.1) is 26.4 Å². The van der Waals surface area contributed by atoms with Crippen molar-refractivity contribution in [3.8, 4) is 11.5 Å². The first-order valence-electron chi connectivity index (χ1n) is 11.3. The van der Waals surface area contributed by atoms with Crippen LogP contribution < -0.4 is 4.74 Å². The van der Waals surface area contributed by atoms with E-state index >= 15 is 0 Å². The van der Waals surface area contributed by atoms with E-state index in [1.54, 1.807) is 7.11 Å². The molecule has 168 valence electrons. The van der Waals surface area contributed by atoms with Crippen LogP contribution in [0.3, 0.4) is 0 Å². The van der Waals surface area contributed by atoms with Crippen LogP contribution in [0.4, 0.5) is 0 Å². The summed E-state index contributed by atoms with van der Waals surface area (Å²) in [5.74, 6) is 2.35. The van der Waals surface area contributed by atoms with Gasteiger partial charge < -0.3 is 9.84 Å². The first-order chi connectivity index (χ1) is 14.3. The minimum atomic E-state index is -3.52. The van der Waals surface area contributed by atoms with Crippen molar-refractivity contribution in [3.05, 3.63) is 23.3 Å². The highest BCUT2D eigenvalue weighted by atomic mass is 31.2. The van der Waals surface area contributed by atoms with Gasteiger partial charge in [0.25, 0.3) is 0 Å². The Morgan fingerprint density at radius 1 is 1.13 bits per heavy atom. The molecule has 1 aromatic carbocycles. The van der Waals surface area contributed by atoms with Crippen LogP contribution in [-0.2, 0) is 24.6 Å². The summed E-state index contributed by atoms with van der Waals surface area (Å²) in [5.41, 5.74) is 2.56. The average Bonchev–Trinajstić information content (AvgIpc) is 3.03. The molecule has 0 spiro atoms. The fourth-order valence-electron chi connectivity index (χ4n) is 6.45. The minimum absolute atomic E-state index is 0.0243. The second-order valence-corrected chi connectivity index (χ2v) is 10.8. The molecule has 3 aliphatic carbocycles. The van der Waals surface area contributed by atoms with E-state index in [0.29, 0.717) is 36.7 Å². The predicted molar refractivity (Wildman–Crippen MR) is 115 cm³/mol. The van der Waals surface area contributed by atoms with Crippen molar-refractivity contribution in [2.24, 2.45) is 17.3 Å². The molecular formula is C23H35O6P. The lowest BCUT2D eigenvalue weighted by Gasteiger charge is -2.50. The lowest BCUT2D eigenvalue weighted by Crippen LogP contribution is -2.44. The zero-order valence-electron chi connectivity index (χ0n) is 18.6. The van der Waals surface area contributed by atoms with Gasteiger partial charge >= 0.3 is 7.82 Å². The Hall–Kier alpha value is -1.07. The number of phosphoric ester groups is 1. The van der Waals surface area contributed by atoms with Gasteiger partial charge in [-0.1, -0.05) is 6.92 Å². The smallest absolute Gasteiger partial charge is 0.475 e. The number of aromatic hydroxyl groups is 1. The fourth-order valence-corrected chi connectivity index (χ4v) is 7.93. The number of benzene rings is 1. The van der Waals surface area contributed by atoms with Gasteiger partial charge in [-0.25, -0.2) is 4.57 Å². The summed E-state index contributed by atoms with van der Waals surface area (Å²) >= 11 is 0. The largest absolute Gasteiger partial charge is 0.504 e. The van der Waals surface area contributed by atoms with Crippen LogP contribution in [0.5, 0.6) is 11.5 Å². The zero-order chi connectivity index (χ0) is 21.5. The zero-order valence-corrected chi connectivity index (χ0v) is 19.5. The van der Waals surface area contributed by atoms with E-state index in [4.69, 9.17) is 18.3 Å². The molecular weight excluding hydrogens is 403 g/mol. The SMILES string of the molecule is CCOP(=O)(OCC)O[C@H]1CCC2C3CCc4cc(O)c(OC)cc4C3CC[C@@]21C. The molecule has 0 heterocycles. The Bertz CT molecular complexity index is 816. The van der Waals surface area contributed by atoms with Crippen molar-refractivity contribution in [3.63, 3.8) is 0 Å². The molecule has 3 aliphatic rings.